The zero-order valence-corrected chi connectivity index (χ0v) is 9.68. The third kappa shape index (κ3) is 3.08. The maximum Gasteiger partial charge on any atom is 0.282 e. The van der Waals surface area contributed by atoms with Crippen molar-refractivity contribution in [3.05, 3.63) is 35.9 Å². The Hall–Kier alpha value is -1.80. The number of aromatic amines is 1. The van der Waals surface area contributed by atoms with Crippen LogP contribution in [0.15, 0.2) is 29.7 Å². The minimum atomic E-state index is -3.83. The standard InChI is InChI=1S/C9H11N5O2S/c10-17(15,16)9-12-8(13-14-9)4-3-7-2-1-5-11-6-7/h1-2,5-6H,3-4H2,(H2,10,15,16)(H,12,13,14). The summed E-state index contributed by atoms with van der Waals surface area (Å²) >= 11 is 0. The summed E-state index contributed by atoms with van der Waals surface area (Å²) in [6.07, 6.45) is 4.69. The molecule has 2 aromatic rings. The Morgan fingerprint density at radius 2 is 2.18 bits per heavy atom. The van der Waals surface area contributed by atoms with E-state index in [9.17, 15) is 8.42 Å². The Kier molecular flexibility index (Phi) is 3.16. The van der Waals surface area contributed by atoms with Gasteiger partial charge in [0.15, 0.2) is 0 Å². The number of sulfonamides is 1. The smallest absolute Gasteiger partial charge is 0.264 e. The lowest BCUT2D eigenvalue weighted by Crippen LogP contribution is -2.14. The molecule has 0 saturated heterocycles. The molecule has 90 valence electrons. The van der Waals surface area contributed by atoms with Crippen molar-refractivity contribution in [1.29, 1.82) is 0 Å². The number of nitrogens with zero attached hydrogens (tertiary/aromatic N) is 3. The summed E-state index contributed by atoms with van der Waals surface area (Å²) in [6.45, 7) is 0. The first-order chi connectivity index (χ1) is 8.05. The van der Waals surface area contributed by atoms with E-state index in [2.05, 4.69) is 20.2 Å². The first-order valence-electron chi connectivity index (χ1n) is 4.89. The number of nitrogens with two attached hydrogens (primary N) is 1. The molecule has 0 aliphatic rings. The number of aromatic nitrogens is 4. The van der Waals surface area contributed by atoms with Crippen molar-refractivity contribution in [2.75, 3.05) is 0 Å². The molecule has 0 unspecified atom stereocenters. The molecule has 2 heterocycles. The molecule has 0 spiro atoms. The van der Waals surface area contributed by atoms with Gasteiger partial charge in [-0.1, -0.05) is 6.07 Å². The molecule has 17 heavy (non-hydrogen) atoms. The molecule has 3 N–H and O–H groups in total. The van der Waals surface area contributed by atoms with Gasteiger partial charge in [0, 0.05) is 18.8 Å². The molecule has 0 aromatic carbocycles. The first-order valence-corrected chi connectivity index (χ1v) is 6.43. The van der Waals surface area contributed by atoms with Gasteiger partial charge in [-0.2, -0.15) is 0 Å². The lowest BCUT2D eigenvalue weighted by atomic mass is 10.1. The second kappa shape index (κ2) is 4.60. The fraction of sp³-hybridized carbons (Fsp3) is 0.222. The predicted molar refractivity (Wildman–Crippen MR) is 59.4 cm³/mol. The van der Waals surface area contributed by atoms with Crippen LogP contribution in [0.4, 0.5) is 0 Å². The van der Waals surface area contributed by atoms with Crippen LogP contribution in [0.1, 0.15) is 11.4 Å². The highest BCUT2D eigenvalue weighted by Crippen LogP contribution is 2.04. The molecule has 2 rings (SSSR count). The molecule has 0 aliphatic heterocycles. The quantitative estimate of drug-likeness (QED) is 0.771. The number of nitrogens with one attached hydrogen (secondary N) is 1. The second-order valence-electron chi connectivity index (χ2n) is 3.47. The molecule has 8 heteroatoms. The van der Waals surface area contributed by atoms with Crippen LogP contribution in [0.5, 0.6) is 0 Å². The molecule has 0 fully saturated rings. The van der Waals surface area contributed by atoms with E-state index < -0.39 is 10.0 Å². The van der Waals surface area contributed by atoms with Gasteiger partial charge in [-0.25, -0.2) is 18.5 Å². The zero-order valence-electron chi connectivity index (χ0n) is 8.87. The monoisotopic (exact) mass is 253 g/mol. The van der Waals surface area contributed by atoms with Gasteiger partial charge < -0.3 is 0 Å². The normalized spacial score (nSPS) is 11.6. The third-order valence-electron chi connectivity index (χ3n) is 2.14. The minimum Gasteiger partial charge on any atom is -0.264 e. The van der Waals surface area contributed by atoms with Gasteiger partial charge >= 0.3 is 0 Å². The van der Waals surface area contributed by atoms with E-state index in [1.54, 1.807) is 12.4 Å². The van der Waals surface area contributed by atoms with Crippen LogP contribution in [0, 0.1) is 0 Å². The van der Waals surface area contributed by atoms with E-state index in [-0.39, 0.29) is 5.16 Å². The summed E-state index contributed by atoms with van der Waals surface area (Å²) < 4.78 is 21.9. The summed E-state index contributed by atoms with van der Waals surface area (Å²) in [7, 11) is -3.83. The van der Waals surface area contributed by atoms with Crippen LogP contribution in [0.3, 0.4) is 0 Å². The number of hydrogen-bond donors (Lipinski definition) is 2. The molecule has 2 aromatic heterocycles. The number of hydrogen-bond acceptors (Lipinski definition) is 5. The first kappa shape index (κ1) is 11.7. The van der Waals surface area contributed by atoms with Crippen molar-refractivity contribution in [3.8, 4) is 0 Å². The maximum atomic E-state index is 10.9. The van der Waals surface area contributed by atoms with Crippen molar-refractivity contribution in [1.82, 2.24) is 20.2 Å². The van der Waals surface area contributed by atoms with Crippen molar-refractivity contribution < 1.29 is 8.42 Å². The molecule has 0 aliphatic carbocycles. The van der Waals surface area contributed by atoms with Gasteiger partial charge in [0.25, 0.3) is 15.2 Å². The zero-order chi connectivity index (χ0) is 12.3. The number of pyridine rings is 1. The fourth-order valence-electron chi connectivity index (χ4n) is 1.33. The van der Waals surface area contributed by atoms with Crippen LogP contribution < -0.4 is 5.14 Å². The van der Waals surface area contributed by atoms with E-state index in [1.807, 2.05) is 12.1 Å². The van der Waals surface area contributed by atoms with E-state index in [0.29, 0.717) is 18.7 Å². The predicted octanol–water partition coefficient (Wildman–Crippen LogP) is -0.368. The molecule has 7 nitrogen and oxygen atoms in total. The number of rotatable bonds is 4. The van der Waals surface area contributed by atoms with Crippen molar-refractivity contribution in [2.45, 2.75) is 18.0 Å². The fourth-order valence-corrected chi connectivity index (χ4v) is 1.74. The number of aryl methyl sites for hydroxylation is 2. The molecule has 0 radical (unpaired) electrons. The highest BCUT2D eigenvalue weighted by molar-refractivity contribution is 7.89. The summed E-state index contributed by atoms with van der Waals surface area (Å²) in [4.78, 5) is 7.78. The van der Waals surface area contributed by atoms with Crippen LogP contribution >= 0.6 is 0 Å². The van der Waals surface area contributed by atoms with E-state index in [4.69, 9.17) is 5.14 Å². The molecule has 0 bridgehead atoms. The average molecular weight is 253 g/mol. The Bertz CT molecular complexity index is 593. The molecular formula is C9H11N5O2S. The molecule has 0 amide bonds. The lowest BCUT2D eigenvalue weighted by Gasteiger charge is -1.96. The summed E-state index contributed by atoms with van der Waals surface area (Å²) in [5, 5.41) is 10.6. The second-order valence-corrected chi connectivity index (χ2v) is 4.93. The van der Waals surface area contributed by atoms with Gasteiger partial charge in [-0.05, 0) is 18.1 Å². The lowest BCUT2D eigenvalue weighted by molar-refractivity contribution is 0.589. The summed E-state index contributed by atoms with van der Waals surface area (Å²) in [6, 6.07) is 3.77. The van der Waals surface area contributed by atoms with E-state index in [0.717, 1.165) is 5.56 Å². The van der Waals surface area contributed by atoms with E-state index in [1.165, 1.54) is 0 Å². The molecular weight excluding hydrogens is 242 g/mol. The van der Waals surface area contributed by atoms with Gasteiger partial charge in [0.2, 0.25) is 0 Å². The summed E-state index contributed by atoms with van der Waals surface area (Å²) in [5.41, 5.74) is 1.04. The SMILES string of the molecule is NS(=O)(=O)c1n[nH]c(CCc2cccnc2)n1. The van der Waals surface area contributed by atoms with Gasteiger partial charge in [-0.3, -0.25) is 10.1 Å². The van der Waals surface area contributed by atoms with Gasteiger partial charge in [0.05, 0.1) is 0 Å². The number of H-pyrrole nitrogens is 1. The number of primary sulfonamides is 1. The minimum absolute atomic E-state index is 0.376. The van der Waals surface area contributed by atoms with Crippen LogP contribution in [-0.4, -0.2) is 28.6 Å². The average Bonchev–Trinajstić information content (AvgIpc) is 2.76. The van der Waals surface area contributed by atoms with E-state index >= 15 is 0 Å². The topological polar surface area (TPSA) is 115 Å². The Balaban J connectivity index is 2.04. The van der Waals surface area contributed by atoms with Crippen molar-refractivity contribution in [2.24, 2.45) is 5.14 Å². The highest BCUT2D eigenvalue weighted by Gasteiger charge is 2.14. The Labute approximate surface area is 98.2 Å². The van der Waals surface area contributed by atoms with Gasteiger partial charge in [-0.15, -0.1) is 5.10 Å². The molecule has 0 atom stereocenters. The Morgan fingerprint density at radius 3 is 2.76 bits per heavy atom. The van der Waals surface area contributed by atoms with Crippen LogP contribution in [0.2, 0.25) is 0 Å². The maximum absolute atomic E-state index is 10.9. The van der Waals surface area contributed by atoms with Crippen LogP contribution in [0.25, 0.3) is 0 Å². The van der Waals surface area contributed by atoms with Crippen LogP contribution in [-0.2, 0) is 22.9 Å². The molecule has 0 saturated carbocycles. The Morgan fingerprint density at radius 1 is 1.35 bits per heavy atom. The highest BCUT2D eigenvalue weighted by atomic mass is 32.2. The largest absolute Gasteiger partial charge is 0.282 e. The van der Waals surface area contributed by atoms with Crippen molar-refractivity contribution >= 4 is 10.0 Å². The van der Waals surface area contributed by atoms with Gasteiger partial charge in [0.1, 0.15) is 5.82 Å². The summed E-state index contributed by atoms with van der Waals surface area (Å²) in [5.74, 6) is 0.484. The third-order valence-corrected chi connectivity index (χ3v) is 2.83. The van der Waals surface area contributed by atoms with Crippen molar-refractivity contribution in [3.63, 3.8) is 0 Å².